The van der Waals surface area contributed by atoms with Gasteiger partial charge in [0, 0.05) is 0 Å². The Balaban J connectivity index is 3.38. The van der Waals surface area contributed by atoms with Crippen molar-refractivity contribution in [3.63, 3.8) is 0 Å². The first kappa shape index (κ1) is 11.5. The lowest BCUT2D eigenvalue weighted by atomic mass is 9.99. The average molecular weight is 166 g/mol. The molecule has 0 N–H and O–H groups in total. The van der Waals surface area contributed by atoms with Crippen LogP contribution in [-0.2, 0) is 0 Å². The van der Waals surface area contributed by atoms with Crippen molar-refractivity contribution < 1.29 is 0 Å². The molecule has 0 bridgehead atoms. The second-order valence-electron chi connectivity index (χ2n) is 4.16. The van der Waals surface area contributed by atoms with Crippen LogP contribution in [0.1, 0.15) is 46.5 Å². The number of hydrogen-bond acceptors (Lipinski definition) is 0. The lowest BCUT2D eigenvalue weighted by Gasteiger charge is -2.07. The van der Waals surface area contributed by atoms with Gasteiger partial charge in [0.05, 0.1) is 0 Å². The van der Waals surface area contributed by atoms with Gasteiger partial charge in [-0.3, -0.25) is 0 Å². The molecule has 0 aliphatic carbocycles. The van der Waals surface area contributed by atoms with Gasteiger partial charge in [-0.15, -0.1) is 6.58 Å². The van der Waals surface area contributed by atoms with E-state index in [1.54, 1.807) is 0 Å². The van der Waals surface area contributed by atoms with Gasteiger partial charge in [-0.1, -0.05) is 31.6 Å². The van der Waals surface area contributed by atoms with Crippen LogP contribution in [0.3, 0.4) is 0 Å². The zero-order valence-electron chi connectivity index (χ0n) is 8.82. The molecule has 0 aromatic carbocycles. The Bertz CT molecular complexity index is 151. The lowest BCUT2D eigenvalue weighted by Crippen LogP contribution is -1.90. The van der Waals surface area contributed by atoms with Crippen LogP contribution >= 0.6 is 0 Å². The van der Waals surface area contributed by atoms with Crippen molar-refractivity contribution in [1.29, 1.82) is 0 Å². The molecule has 0 atom stereocenters. The molecule has 70 valence electrons. The van der Waals surface area contributed by atoms with Crippen LogP contribution in [0.4, 0.5) is 0 Å². The van der Waals surface area contributed by atoms with Crippen LogP contribution in [0.25, 0.3) is 0 Å². The lowest BCUT2D eigenvalue weighted by molar-refractivity contribution is 0.617. The van der Waals surface area contributed by atoms with Crippen LogP contribution in [-0.4, -0.2) is 0 Å². The molecule has 0 nitrogen and oxygen atoms in total. The fraction of sp³-hybridized carbons (Fsp3) is 0.667. The standard InChI is InChI=1S/C12H22/c1-10(2)7-6-8-12(5)9-11(3)4/h11H,1,5-9H2,2-4H3. The van der Waals surface area contributed by atoms with E-state index >= 15 is 0 Å². The van der Waals surface area contributed by atoms with E-state index in [0.29, 0.717) is 0 Å². The highest BCUT2D eigenvalue weighted by atomic mass is 14.0. The van der Waals surface area contributed by atoms with Crippen molar-refractivity contribution in [2.45, 2.75) is 46.5 Å². The van der Waals surface area contributed by atoms with Gasteiger partial charge in [0.15, 0.2) is 0 Å². The van der Waals surface area contributed by atoms with Crippen LogP contribution < -0.4 is 0 Å². The van der Waals surface area contributed by atoms with E-state index < -0.39 is 0 Å². The number of rotatable bonds is 6. The molecular formula is C12H22. The van der Waals surface area contributed by atoms with Crippen LogP contribution in [0.5, 0.6) is 0 Å². The average Bonchev–Trinajstić information content (AvgIpc) is 1.84. The molecule has 0 heteroatoms. The summed E-state index contributed by atoms with van der Waals surface area (Å²) in [5, 5.41) is 0. The molecule has 0 spiro atoms. The summed E-state index contributed by atoms with van der Waals surface area (Å²) in [7, 11) is 0. The van der Waals surface area contributed by atoms with E-state index in [1.807, 2.05) is 0 Å². The van der Waals surface area contributed by atoms with Gasteiger partial charge in [-0.25, -0.2) is 0 Å². The molecule has 0 aliphatic rings. The molecule has 0 aliphatic heterocycles. The molecule has 12 heavy (non-hydrogen) atoms. The van der Waals surface area contributed by atoms with Crippen LogP contribution in [0.2, 0.25) is 0 Å². The van der Waals surface area contributed by atoms with Crippen molar-refractivity contribution in [3.05, 3.63) is 24.3 Å². The molecule has 0 amide bonds. The highest BCUT2D eigenvalue weighted by Crippen LogP contribution is 2.16. The third-order valence-corrected chi connectivity index (χ3v) is 1.83. The van der Waals surface area contributed by atoms with Crippen LogP contribution in [0.15, 0.2) is 24.3 Å². The van der Waals surface area contributed by atoms with Gasteiger partial charge in [0.2, 0.25) is 0 Å². The van der Waals surface area contributed by atoms with Gasteiger partial charge in [-0.05, 0) is 38.5 Å². The predicted octanol–water partition coefficient (Wildman–Crippen LogP) is 4.34. The molecule has 0 aromatic heterocycles. The molecule has 0 heterocycles. The zero-order chi connectivity index (χ0) is 9.56. The molecule has 0 unspecified atom stereocenters. The Kier molecular flexibility index (Phi) is 5.79. The molecule has 0 fully saturated rings. The quantitative estimate of drug-likeness (QED) is 0.515. The summed E-state index contributed by atoms with van der Waals surface area (Å²) in [6.07, 6.45) is 4.72. The zero-order valence-corrected chi connectivity index (χ0v) is 8.82. The fourth-order valence-corrected chi connectivity index (χ4v) is 1.32. The number of allylic oxidation sites excluding steroid dienone is 2. The van der Waals surface area contributed by atoms with E-state index in [-0.39, 0.29) is 0 Å². The maximum Gasteiger partial charge on any atom is -0.0300 e. The predicted molar refractivity (Wildman–Crippen MR) is 57.3 cm³/mol. The van der Waals surface area contributed by atoms with Crippen molar-refractivity contribution in [3.8, 4) is 0 Å². The first-order valence-corrected chi connectivity index (χ1v) is 4.83. The van der Waals surface area contributed by atoms with E-state index in [0.717, 1.165) is 12.3 Å². The SMILES string of the molecule is C=C(C)CCCC(=C)CC(C)C. The summed E-state index contributed by atoms with van der Waals surface area (Å²) >= 11 is 0. The van der Waals surface area contributed by atoms with Gasteiger partial charge in [0.1, 0.15) is 0 Å². The minimum atomic E-state index is 0.752. The van der Waals surface area contributed by atoms with Gasteiger partial charge >= 0.3 is 0 Å². The monoisotopic (exact) mass is 166 g/mol. The fourth-order valence-electron chi connectivity index (χ4n) is 1.32. The van der Waals surface area contributed by atoms with Crippen molar-refractivity contribution in [2.75, 3.05) is 0 Å². The second kappa shape index (κ2) is 6.05. The van der Waals surface area contributed by atoms with Gasteiger partial charge < -0.3 is 0 Å². The summed E-state index contributed by atoms with van der Waals surface area (Å²) in [4.78, 5) is 0. The van der Waals surface area contributed by atoms with Crippen molar-refractivity contribution in [2.24, 2.45) is 5.92 Å². The Morgan fingerprint density at radius 2 is 1.75 bits per heavy atom. The van der Waals surface area contributed by atoms with Crippen molar-refractivity contribution in [1.82, 2.24) is 0 Å². The Morgan fingerprint density at radius 3 is 2.17 bits per heavy atom. The Labute approximate surface area is 77.4 Å². The normalized spacial score (nSPS) is 10.3. The summed E-state index contributed by atoms with van der Waals surface area (Å²) in [6.45, 7) is 14.5. The molecule has 0 aromatic rings. The van der Waals surface area contributed by atoms with E-state index in [4.69, 9.17) is 0 Å². The molecule has 0 saturated carbocycles. The topological polar surface area (TPSA) is 0 Å². The van der Waals surface area contributed by atoms with Crippen LogP contribution in [0, 0.1) is 5.92 Å². The minimum absolute atomic E-state index is 0.752. The molecule has 0 radical (unpaired) electrons. The first-order chi connectivity index (χ1) is 5.52. The second-order valence-corrected chi connectivity index (χ2v) is 4.16. The summed E-state index contributed by atoms with van der Waals surface area (Å²) in [5.41, 5.74) is 2.68. The van der Waals surface area contributed by atoms with E-state index in [9.17, 15) is 0 Å². The Morgan fingerprint density at radius 1 is 1.17 bits per heavy atom. The van der Waals surface area contributed by atoms with Crippen molar-refractivity contribution >= 4 is 0 Å². The summed E-state index contributed by atoms with van der Waals surface area (Å²) in [6, 6.07) is 0. The summed E-state index contributed by atoms with van der Waals surface area (Å²) in [5.74, 6) is 0.752. The molecule has 0 rings (SSSR count). The summed E-state index contributed by atoms with van der Waals surface area (Å²) < 4.78 is 0. The smallest absolute Gasteiger partial charge is 0.0300 e. The Hall–Kier alpha value is -0.520. The first-order valence-electron chi connectivity index (χ1n) is 4.83. The maximum atomic E-state index is 4.06. The maximum absolute atomic E-state index is 4.06. The number of hydrogen-bond donors (Lipinski definition) is 0. The van der Waals surface area contributed by atoms with E-state index in [2.05, 4.69) is 33.9 Å². The molecular weight excluding hydrogens is 144 g/mol. The highest BCUT2D eigenvalue weighted by molar-refractivity contribution is 4.96. The minimum Gasteiger partial charge on any atom is -0.100 e. The highest BCUT2D eigenvalue weighted by Gasteiger charge is 1.98. The van der Waals surface area contributed by atoms with E-state index in [1.165, 1.54) is 30.4 Å². The third-order valence-electron chi connectivity index (χ3n) is 1.83. The molecule has 0 saturated heterocycles. The van der Waals surface area contributed by atoms with Gasteiger partial charge in [0.25, 0.3) is 0 Å². The third kappa shape index (κ3) is 7.59. The van der Waals surface area contributed by atoms with Gasteiger partial charge in [-0.2, -0.15) is 0 Å². The largest absolute Gasteiger partial charge is 0.100 e.